The van der Waals surface area contributed by atoms with Crippen molar-refractivity contribution in [1.29, 1.82) is 0 Å². The van der Waals surface area contributed by atoms with E-state index in [2.05, 4.69) is 5.32 Å². The topological polar surface area (TPSA) is 96.0 Å². The standard InChI is InChI=1S/C26H36ClN3O5S/c1-5-17-28-26(32)24(6-2)29(19-20-9-15-23(35-3)16-10-20)25(31)8-7-18-30(36(4,33)34)22-13-11-21(27)12-14-22/h9-16,24H,5-8,17-19H2,1-4H3,(H,28,32). The van der Waals surface area contributed by atoms with E-state index in [0.29, 0.717) is 35.8 Å². The van der Waals surface area contributed by atoms with Gasteiger partial charge >= 0.3 is 0 Å². The van der Waals surface area contributed by atoms with E-state index >= 15 is 0 Å². The lowest BCUT2D eigenvalue weighted by Crippen LogP contribution is -2.49. The average Bonchev–Trinajstić information content (AvgIpc) is 2.85. The third-order valence-electron chi connectivity index (χ3n) is 5.71. The summed E-state index contributed by atoms with van der Waals surface area (Å²) in [7, 11) is -1.98. The zero-order valence-corrected chi connectivity index (χ0v) is 22.9. The number of benzene rings is 2. The third kappa shape index (κ3) is 8.71. The van der Waals surface area contributed by atoms with Gasteiger partial charge in [-0.2, -0.15) is 0 Å². The molecular weight excluding hydrogens is 502 g/mol. The third-order valence-corrected chi connectivity index (χ3v) is 7.16. The van der Waals surface area contributed by atoms with Crippen LogP contribution in [0.2, 0.25) is 5.02 Å². The van der Waals surface area contributed by atoms with Crippen LogP contribution in [-0.4, -0.2) is 57.6 Å². The van der Waals surface area contributed by atoms with Crippen molar-refractivity contribution >= 4 is 39.1 Å². The summed E-state index contributed by atoms with van der Waals surface area (Å²) in [4.78, 5) is 27.9. The number of nitrogens with zero attached hydrogens (tertiary/aromatic N) is 2. The molecule has 0 saturated heterocycles. The molecule has 1 atom stereocenters. The number of rotatable bonds is 14. The van der Waals surface area contributed by atoms with Crippen LogP contribution in [-0.2, 0) is 26.2 Å². The molecule has 10 heteroatoms. The maximum atomic E-state index is 13.4. The lowest BCUT2D eigenvalue weighted by Gasteiger charge is -2.31. The fraction of sp³-hybridized carbons (Fsp3) is 0.462. The highest BCUT2D eigenvalue weighted by atomic mass is 35.5. The Labute approximate surface area is 219 Å². The SMILES string of the molecule is CCCNC(=O)C(CC)N(Cc1ccc(OC)cc1)C(=O)CCCN(c1ccc(Cl)cc1)S(C)(=O)=O. The van der Waals surface area contributed by atoms with Gasteiger partial charge in [-0.05, 0) is 61.2 Å². The molecule has 1 N–H and O–H groups in total. The van der Waals surface area contributed by atoms with E-state index in [1.807, 2.05) is 38.1 Å². The second-order valence-corrected chi connectivity index (χ2v) is 10.8. The Balaban J connectivity index is 2.19. The number of carbonyl (C=O) groups excluding carboxylic acids is 2. The highest BCUT2D eigenvalue weighted by molar-refractivity contribution is 7.92. The lowest BCUT2D eigenvalue weighted by atomic mass is 10.1. The van der Waals surface area contributed by atoms with E-state index in [1.165, 1.54) is 4.31 Å². The molecule has 2 rings (SSSR count). The monoisotopic (exact) mass is 537 g/mol. The zero-order valence-electron chi connectivity index (χ0n) is 21.4. The largest absolute Gasteiger partial charge is 0.497 e. The first-order chi connectivity index (χ1) is 17.1. The molecule has 2 aromatic rings. The predicted molar refractivity (Wildman–Crippen MR) is 144 cm³/mol. The van der Waals surface area contributed by atoms with Gasteiger partial charge in [-0.1, -0.05) is 37.6 Å². The first-order valence-corrected chi connectivity index (χ1v) is 14.3. The normalized spacial score (nSPS) is 12.0. The number of methoxy groups -OCH3 is 1. The number of amides is 2. The van der Waals surface area contributed by atoms with Crippen molar-refractivity contribution in [3.8, 4) is 5.75 Å². The minimum absolute atomic E-state index is 0.0906. The summed E-state index contributed by atoms with van der Waals surface area (Å²) in [5.74, 6) is 0.293. The highest BCUT2D eigenvalue weighted by Crippen LogP contribution is 2.22. The zero-order chi connectivity index (χ0) is 26.7. The number of ether oxygens (including phenoxy) is 1. The highest BCUT2D eigenvalue weighted by Gasteiger charge is 2.28. The summed E-state index contributed by atoms with van der Waals surface area (Å²) in [5, 5.41) is 3.40. The number of hydrogen-bond donors (Lipinski definition) is 1. The first kappa shape index (κ1) is 29.5. The van der Waals surface area contributed by atoms with Gasteiger partial charge in [0, 0.05) is 31.1 Å². The van der Waals surface area contributed by atoms with Crippen molar-refractivity contribution in [3.63, 3.8) is 0 Å². The Morgan fingerprint density at radius 2 is 1.69 bits per heavy atom. The second kappa shape index (κ2) is 14.1. The number of hydrogen-bond acceptors (Lipinski definition) is 5. The van der Waals surface area contributed by atoms with Crippen molar-refractivity contribution in [2.24, 2.45) is 0 Å². The van der Waals surface area contributed by atoms with E-state index < -0.39 is 16.1 Å². The fourth-order valence-electron chi connectivity index (χ4n) is 3.82. The summed E-state index contributed by atoms with van der Waals surface area (Å²) in [6.07, 6.45) is 2.76. The van der Waals surface area contributed by atoms with Crippen LogP contribution in [0.3, 0.4) is 0 Å². The van der Waals surface area contributed by atoms with Crippen LogP contribution in [0, 0.1) is 0 Å². The average molecular weight is 538 g/mol. The molecular formula is C26H36ClN3O5S. The predicted octanol–water partition coefficient (Wildman–Crippen LogP) is 4.23. The van der Waals surface area contributed by atoms with E-state index in [0.717, 1.165) is 18.2 Å². The maximum Gasteiger partial charge on any atom is 0.242 e. The summed E-state index contributed by atoms with van der Waals surface area (Å²) in [5.41, 5.74) is 1.35. The van der Waals surface area contributed by atoms with Gasteiger partial charge in [0.05, 0.1) is 19.1 Å². The molecule has 0 radical (unpaired) electrons. The lowest BCUT2D eigenvalue weighted by molar-refractivity contribution is -0.141. The number of sulfonamides is 1. The number of anilines is 1. The van der Waals surface area contributed by atoms with Crippen LogP contribution in [0.4, 0.5) is 5.69 Å². The summed E-state index contributed by atoms with van der Waals surface area (Å²) >= 11 is 5.94. The van der Waals surface area contributed by atoms with Gasteiger partial charge in [0.1, 0.15) is 11.8 Å². The molecule has 0 bridgehead atoms. The van der Waals surface area contributed by atoms with Crippen LogP contribution in [0.25, 0.3) is 0 Å². The van der Waals surface area contributed by atoms with Crippen LogP contribution >= 0.6 is 11.6 Å². The van der Waals surface area contributed by atoms with Crippen molar-refractivity contribution in [2.75, 3.05) is 30.8 Å². The van der Waals surface area contributed by atoms with Crippen molar-refractivity contribution < 1.29 is 22.7 Å². The molecule has 0 spiro atoms. The molecule has 0 saturated carbocycles. The Bertz CT molecular complexity index is 1090. The van der Waals surface area contributed by atoms with Gasteiger partial charge in [0.2, 0.25) is 21.8 Å². The van der Waals surface area contributed by atoms with Crippen LogP contribution in [0.5, 0.6) is 5.75 Å². The molecule has 0 heterocycles. The van der Waals surface area contributed by atoms with Gasteiger partial charge in [-0.15, -0.1) is 0 Å². The van der Waals surface area contributed by atoms with E-state index in [9.17, 15) is 18.0 Å². The van der Waals surface area contributed by atoms with Gasteiger partial charge in [0.15, 0.2) is 0 Å². The molecule has 0 aliphatic carbocycles. The summed E-state index contributed by atoms with van der Waals surface area (Å²) < 4.78 is 31.3. The molecule has 198 valence electrons. The van der Waals surface area contributed by atoms with Crippen molar-refractivity contribution in [2.45, 2.75) is 52.1 Å². The number of halogens is 1. The molecule has 2 aromatic carbocycles. The molecule has 0 aliphatic heterocycles. The van der Waals surface area contributed by atoms with Crippen LogP contribution < -0.4 is 14.4 Å². The van der Waals surface area contributed by atoms with Gasteiger partial charge < -0.3 is 15.0 Å². The van der Waals surface area contributed by atoms with Gasteiger partial charge in [-0.25, -0.2) is 8.42 Å². The summed E-state index contributed by atoms with van der Waals surface area (Å²) in [6.45, 7) is 4.76. The molecule has 1 unspecified atom stereocenters. The minimum atomic E-state index is -3.56. The van der Waals surface area contributed by atoms with E-state index in [1.54, 1.807) is 36.3 Å². The second-order valence-electron chi connectivity index (χ2n) is 8.50. The Kier molecular flexibility index (Phi) is 11.5. The molecule has 2 amide bonds. The first-order valence-electron chi connectivity index (χ1n) is 12.0. The van der Waals surface area contributed by atoms with E-state index in [-0.39, 0.29) is 31.3 Å². The van der Waals surface area contributed by atoms with Crippen LogP contribution in [0.1, 0.15) is 45.1 Å². The van der Waals surface area contributed by atoms with Crippen molar-refractivity contribution in [3.05, 3.63) is 59.1 Å². The van der Waals surface area contributed by atoms with Crippen molar-refractivity contribution in [1.82, 2.24) is 10.2 Å². The molecule has 36 heavy (non-hydrogen) atoms. The molecule has 8 nitrogen and oxygen atoms in total. The Morgan fingerprint density at radius 1 is 1.06 bits per heavy atom. The number of carbonyl (C=O) groups is 2. The van der Waals surface area contributed by atoms with Crippen LogP contribution in [0.15, 0.2) is 48.5 Å². The van der Waals surface area contributed by atoms with E-state index in [4.69, 9.17) is 16.3 Å². The number of nitrogens with one attached hydrogen (secondary N) is 1. The fourth-order valence-corrected chi connectivity index (χ4v) is 4.92. The molecule has 0 aliphatic rings. The Hall–Kier alpha value is -2.78. The minimum Gasteiger partial charge on any atom is -0.497 e. The quantitative estimate of drug-likeness (QED) is 0.389. The van der Waals surface area contributed by atoms with Gasteiger partial charge in [0.25, 0.3) is 0 Å². The maximum absolute atomic E-state index is 13.4. The van der Waals surface area contributed by atoms with Gasteiger partial charge in [-0.3, -0.25) is 13.9 Å². The molecule has 0 fully saturated rings. The Morgan fingerprint density at radius 3 is 2.22 bits per heavy atom. The smallest absolute Gasteiger partial charge is 0.242 e. The molecule has 0 aromatic heterocycles. The summed E-state index contributed by atoms with van der Waals surface area (Å²) in [6, 6.07) is 13.2.